The fourth-order valence-electron chi connectivity index (χ4n) is 3.45. The van der Waals surface area contributed by atoms with E-state index < -0.39 is 11.4 Å². The Labute approximate surface area is 182 Å². The molecule has 0 spiro atoms. The quantitative estimate of drug-likeness (QED) is 0.468. The second-order valence-electron chi connectivity index (χ2n) is 8.34. The van der Waals surface area contributed by atoms with Crippen LogP contribution in [0.5, 0.6) is 0 Å². The van der Waals surface area contributed by atoms with Gasteiger partial charge in [-0.15, -0.1) is 0 Å². The number of ketones is 1. The molecule has 0 bridgehead atoms. The van der Waals surface area contributed by atoms with Gasteiger partial charge in [-0.1, -0.05) is 71.8 Å². The molecule has 0 saturated heterocycles. The van der Waals surface area contributed by atoms with Crippen molar-refractivity contribution >= 4 is 23.4 Å². The van der Waals surface area contributed by atoms with E-state index >= 15 is 0 Å². The van der Waals surface area contributed by atoms with E-state index in [0.29, 0.717) is 5.02 Å². The Kier molecular flexibility index (Phi) is 6.42. The third kappa shape index (κ3) is 5.17. The van der Waals surface area contributed by atoms with Crippen molar-refractivity contribution < 1.29 is 14.7 Å². The number of aryl methyl sites for hydroxylation is 1. The first-order valence-electron chi connectivity index (χ1n) is 9.87. The van der Waals surface area contributed by atoms with Crippen molar-refractivity contribution in [1.29, 1.82) is 0 Å². The molecule has 30 heavy (non-hydrogen) atoms. The van der Waals surface area contributed by atoms with Crippen molar-refractivity contribution in [1.82, 2.24) is 0 Å². The highest BCUT2D eigenvalue weighted by molar-refractivity contribution is 6.31. The molecule has 0 aliphatic carbocycles. The summed E-state index contributed by atoms with van der Waals surface area (Å²) in [5, 5.41) is 9.93. The Hall–Kier alpha value is -2.91. The summed E-state index contributed by atoms with van der Waals surface area (Å²) in [5.41, 5.74) is 5.11. The highest BCUT2D eigenvalue weighted by atomic mass is 35.5. The Bertz CT molecular complexity index is 1080. The minimum Gasteiger partial charge on any atom is -0.481 e. The fraction of sp³-hybridized carbons (Fsp3) is 0.231. The Morgan fingerprint density at radius 2 is 1.60 bits per heavy atom. The van der Waals surface area contributed by atoms with Gasteiger partial charge in [-0.3, -0.25) is 9.59 Å². The number of Topliss-reactive ketones (excluding diaryl/α,β-unsaturated/α-hetero) is 1. The molecule has 0 aromatic heterocycles. The number of hydrogen-bond acceptors (Lipinski definition) is 2. The van der Waals surface area contributed by atoms with Crippen LogP contribution >= 0.6 is 11.6 Å². The topological polar surface area (TPSA) is 54.4 Å². The maximum absolute atomic E-state index is 12.5. The van der Waals surface area contributed by atoms with Crippen LogP contribution in [0.2, 0.25) is 5.02 Å². The number of carbonyl (C=O) groups excluding carboxylic acids is 1. The summed E-state index contributed by atoms with van der Waals surface area (Å²) in [5.74, 6) is -1.05. The number of carbonyl (C=O) groups is 2. The molecule has 0 unspecified atom stereocenters. The molecule has 0 aliphatic heterocycles. The summed E-state index contributed by atoms with van der Waals surface area (Å²) < 4.78 is 0. The van der Waals surface area contributed by atoms with Crippen LogP contribution in [0.15, 0.2) is 66.7 Å². The average molecular weight is 421 g/mol. The first kappa shape index (κ1) is 21.8. The van der Waals surface area contributed by atoms with E-state index in [-0.39, 0.29) is 18.6 Å². The van der Waals surface area contributed by atoms with Gasteiger partial charge in [-0.2, -0.15) is 0 Å². The summed E-state index contributed by atoms with van der Waals surface area (Å²) >= 11 is 6.28. The van der Waals surface area contributed by atoms with E-state index in [1.54, 1.807) is 13.8 Å². The lowest BCUT2D eigenvalue weighted by molar-refractivity contribution is -0.149. The molecule has 3 rings (SSSR count). The molecule has 0 heterocycles. The monoisotopic (exact) mass is 420 g/mol. The molecule has 1 N–H and O–H groups in total. The molecule has 3 aromatic rings. The van der Waals surface area contributed by atoms with Gasteiger partial charge in [-0.25, -0.2) is 0 Å². The van der Waals surface area contributed by atoms with Crippen LogP contribution in [0, 0.1) is 12.3 Å². The molecule has 154 valence electrons. The van der Waals surface area contributed by atoms with Crippen molar-refractivity contribution in [3.05, 3.63) is 82.9 Å². The van der Waals surface area contributed by atoms with Crippen molar-refractivity contribution in [2.45, 2.75) is 33.6 Å². The first-order chi connectivity index (χ1) is 14.2. The summed E-state index contributed by atoms with van der Waals surface area (Å²) in [6.45, 7) is 5.20. The maximum Gasteiger partial charge on any atom is 0.309 e. The van der Waals surface area contributed by atoms with Crippen molar-refractivity contribution in [3.63, 3.8) is 0 Å². The number of benzene rings is 3. The van der Waals surface area contributed by atoms with Crippen LogP contribution in [0.25, 0.3) is 22.3 Å². The zero-order chi connectivity index (χ0) is 21.9. The van der Waals surface area contributed by atoms with Gasteiger partial charge in [0.2, 0.25) is 0 Å². The Morgan fingerprint density at radius 3 is 2.27 bits per heavy atom. The summed E-state index contributed by atoms with van der Waals surface area (Å²) in [6, 6.07) is 21.9. The van der Waals surface area contributed by atoms with E-state index in [0.717, 1.165) is 27.8 Å². The smallest absolute Gasteiger partial charge is 0.309 e. The first-order valence-corrected chi connectivity index (χ1v) is 10.2. The van der Waals surface area contributed by atoms with Crippen molar-refractivity contribution in [2.24, 2.45) is 5.41 Å². The molecule has 0 radical (unpaired) electrons. The predicted octanol–water partition coefficient (Wildman–Crippen LogP) is 6.59. The number of carboxylic acid groups (broad SMARTS) is 1. The van der Waals surface area contributed by atoms with Gasteiger partial charge in [0.15, 0.2) is 0 Å². The van der Waals surface area contributed by atoms with Gasteiger partial charge in [0, 0.05) is 17.9 Å². The van der Waals surface area contributed by atoms with Crippen LogP contribution in [0.4, 0.5) is 0 Å². The summed E-state index contributed by atoms with van der Waals surface area (Å²) in [6.07, 6.45) is 0.208. The maximum atomic E-state index is 12.5. The molecule has 4 heteroatoms. The lowest BCUT2D eigenvalue weighted by Gasteiger charge is -2.18. The van der Waals surface area contributed by atoms with E-state index in [1.807, 2.05) is 42.5 Å². The molecule has 3 aromatic carbocycles. The largest absolute Gasteiger partial charge is 0.481 e. The van der Waals surface area contributed by atoms with Gasteiger partial charge in [-0.05, 0) is 60.7 Å². The number of halogens is 1. The summed E-state index contributed by atoms with van der Waals surface area (Å²) in [7, 11) is 0. The molecular formula is C26H25ClO3. The van der Waals surface area contributed by atoms with Crippen LogP contribution in [-0.4, -0.2) is 16.9 Å². The molecule has 0 saturated carbocycles. The lowest BCUT2D eigenvalue weighted by Crippen LogP contribution is -2.27. The van der Waals surface area contributed by atoms with Gasteiger partial charge in [0.1, 0.15) is 5.78 Å². The predicted molar refractivity (Wildman–Crippen MR) is 122 cm³/mol. The normalized spacial score (nSPS) is 11.3. The average Bonchev–Trinajstić information content (AvgIpc) is 2.68. The summed E-state index contributed by atoms with van der Waals surface area (Å²) in [4.78, 5) is 23.8. The van der Waals surface area contributed by atoms with Crippen LogP contribution in [0.3, 0.4) is 0 Å². The minimum atomic E-state index is -1.07. The number of carboxylic acids is 1. The van der Waals surface area contributed by atoms with E-state index in [9.17, 15) is 14.7 Å². The van der Waals surface area contributed by atoms with E-state index in [1.165, 1.54) is 5.56 Å². The number of rotatable bonds is 7. The minimum absolute atomic E-state index is 0.00211. The van der Waals surface area contributed by atoms with Crippen LogP contribution in [-0.2, 0) is 16.0 Å². The Balaban J connectivity index is 1.92. The highest BCUT2D eigenvalue weighted by Gasteiger charge is 2.29. The standard InChI is InChI=1S/C26H25ClO3/c1-17-7-9-19(10-8-17)24-15-21(27)11-12-23(24)20-6-4-5-18(13-20)14-22(28)16-26(2,3)25(29)30/h4-13,15H,14,16H2,1-3H3,(H,29,30). The van der Waals surface area contributed by atoms with Crippen LogP contribution < -0.4 is 0 Å². The van der Waals surface area contributed by atoms with Gasteiger partial charge >= 0.3 is 5.97 Å². The van der Waals surface area contributed by atoms with E-state index in [2.05, 4.69) is 31.2 Å². The third-order valence-electron chi connectivity index (χ3n) is 5.20. The highest BCUT2D eigenvalue weighted by Crippen LogP contribution is 2.35. The molecular weight excluding hydrogens is 396 g/mol. The third-order valence-corrected chi connectivity index (χ3v) is 5.44. The zero-order valence-corrected chi connectivity index (χ0v) is 18.2. The second kappa shape index (κ2) is 8.85. The molecule has 0 aliphatic rings. The van der Waals surface area contributed by atoms with Gasteiger partial charge in [0.05, 0.1) is 5.41 Å². The molecule has 0 amide bonds. The van der Waals surface area contributed by atoms with E-state index in [4.69, 9.17) is 11.6 Å². The second-order valence-corrected chi connectivity index (χ2v) is 8.77. The molecule has 3 nitrogen and oxygen atoms in total. The van der Waals surface area contributed by atoms with Gasteiger partial charge < -0.3 is 5.11 Å². The molecule has 0 atom stereocenters. The zero-order valence-electron chi connectivity index (χ0n) is 17.4. The van der Waals surface area contributed by atoms with Crippen LogP contribution in [0.1, 0.15) is 31.4 Å². The lowest BCUT2D eigenvalue weighted by atomic mass is 9.85. The number of aliphatic carboxylic acids is 1. The van der Waals surface area contributed by atoms with Gasteiger partial charge in [0.25, 0.3) is 0 Å². The SMILES string of the molecule is Cc1ccc(-c2cc(Cl)ccc2-c2cccc(CC(=O)CC(C)(C)C(=O)O)c2)cc1. The van der Waals surface area contributed by atoms with Crippen molar-refractivity contribution in [3.8, 4) is 22.3 Å². The molecule has 0 fully saturated rings. The Morgan fingerprint density at radius 1 is 0.900 bits per heavy atom. The fourth-order valence-corrected chi connectivity index (χ4v) is 3.62. The van der Waals surface area contributed by atoms with Crippen molar-refractivity contribution in [2.75, 3.05) is 0 Å². The number of hydrogen-bond donors (Lipinski definition) is 1.